The maximum absolute atomic E-state index is 2.50. The molecule has 0 N–H and O–H groups in total. The summed E-state index contributed by atoms with van der Waals surface area (Å²) in [6.45, 7) is 0. The third-order valence-corrected chi connectivity index (χ3v) is 18.5. The zero-order chi connectivity index (χ0) is 57.4. The number of nitrogens with zero attached hydrogens (tertiary/aromatic N) is 2. The van der Waals surface area contributed by atoms with Crippen molar-refractivity contribution >= 4 is 38.9 Å². The first-order valence-corrected chi connectivity index (χ1v) is 30.1. The molecule has 0 fully saturated rings. The van der Waals surface area contributed by atoms with Crippen molar-refractivity contribution < 1.29 is 0 Å². The van der Waals surface area contributed by atoms with Crippen molar-refractivity contribution in [2.75, 3.05) is 4.90 Å². The first-order chi connectivity index (χ1) is 43.1. The van der Waals surface area contributed by atoms with Crippen LogP contribution in [0.15, 0.2) is 340 Å². The lowest BCUT2D eigenvalue weighted by Crippen LogP contribution is -2.26. The van der Waals surface area contributed by atoms with Gasteiger partial charge in [-0.15, -0.1) is 0 Å². The van der Waals surface area contributed by atoms with Gasteiger partial charge in [0.2, 0.25) is 0 Å². The molecule has 0 unspecified atom stereocenters. The highest BCUT2D eigenvalue weighted by Gasteiger charge is 2.51. The predicted molar refractivity (Wildman–Crippen MR) is 364 cm³/mol. The van der Waals surface area contributed by atoms with Crippen molar-refractivity contribution in [3.63, 3.8) is 0 Å². The zero-order valence-electron chi connectivity index (χ0n) is 47.7. The van der Waals surface area contributed by atoms with E-state index in [0.29, 0.717) is 0 Å². The third-order valence-electron chi connectivity index (χ3n) is 18.5. The van der Waals surface area contributed by atoms with Gasteiger partial charge in [0.1, 0.15) is 0 Å². The molecule has 2 aliphatic carbocycles. The first-order valence-electron chi connectivity index (χ1n) is 30.1. The molecule has 14 aromatic carbocycles. The molecule has 0 bridgehead atoms. The van der Waals surface area contributed by atoms with Crippen LogP contribution in [-0.4, -0.2) is 4.57 Å². The molecule has 0 saturated carbocycles. The third kappa shape index (κ3) is 8.17. The van der Waals surface area contributed by atoms with Crippen molar-refractivity contribution in [2.45, 2.75) is 5.41 Å². The second-order valence-corrected chi connectivity index (χ2v) is 23.1. The fraction of sp³-hybridized carbons (Fsp3) is 0.0118. The molecule has 2 aliphatic rings. The molecule has 2 nitrogen and oxygen atoms in total. The van der Waals surface area contributed by atoms with E-state index in [1.165, 1.54) is 105 Å². The molecule has 0 aliphatic heterocycles. The van der Waals surface area contributed by atoms with Crippen molar-refractivity contribution in [3.8, 4) is 94.7 Å². The number of anilines is 3. The van der Waals surface area contributed by atoms with Gasteiger partial charge in [0, 0.05) is 33.4 Å². The fourth-order valence-electron chi connectivity index (χ4n) is 14.4. The summed E-state index contributed by atoms with van der Waals surface area (Å²) in [4.78, 5) is 2.50. The van der Waals surface area contributed by atoms with Crippen molar-refractivity contribution in [1.29, 1.82) is 0 Å². The molecule has 1 aromatic heterocycles. The standard InChI is InChI=1S/C85H56N2/c1-5-19-57(20-6-1)65-42-51-82-76(53-65)77-54-66(58-21-7-2-8-22-58)43-52-83(77)87(82)69-46-39-63(40-47-69)61-35-33-60(34-36-61)62-37-44-68(45-38-62)86(84-55-67(59-23-9-3-10-24-59)41-49-71(84)64-25-11-4-12-26-64)70-48-50-75-74-29-15-18-32-80(74)85(81(75)56-70)78-30-16-13-27-72(78)73-28-14-17-31-79(73)85/h1-56H. The molecule has 87 heavy (non-hydrogen) atoms. The molecule has 17 rings (SSSR count). The minimum atomic E-state index is -0.485. The van der Waals surface area contributed by atoms with E-state index in [4.69, 9.17) is 0 Å². The van der Waals surface area contributed by atoms with Gasteiger partial charge in [0.25, 0.3) is 0 Å². The van der Waals surface area contributed by atoms with Crippen molar-refractivity contribution in [1.82, 2.24) is 4.57 Å². The Morgan fingerprint density at radius 1 is 0.218 bits per heavy atom. The molecule has 1 heterocycles. The van der Waals surface area contributed by atoms with Crippen LogP contribution in [0.3, 0.4) is 0 Å². The Morgan fingerprint density at radius 2 is 0.552 bits per heavy atom. The number of benzene rings is 14. The molecule has 0 saturated heterocycles. The molecular formula is C85H56N2. The highest BCUT2D eigenvalue weighted by atomic mass is 15.1. The van der Waals surface area contributed by atoms with Crippen LogP contribution < -0.4 is 4.90 Å². The maximum atomic E-state index is 2.50. The van der Waals surface area contributed by atoms with Gasteiger partial charge >= 0.3 is 0 Å². The summed E-state index contributed by atoms with van der Waals surface area (Å²) in [7, 11) is 0. The molecule has 0 amide bonds. The van der Waals surface area contributed by atoms with Gasteiger partial charge in [-0.3, -0.25) is 0 Å². The summed E-state index contributed by atoms with van der Waals surface area (Å²) in [5, 5.41) is 2.48. The Bertz CT molecular complexity index is 4940. The average Bonchev–Trinajstić information content (AvgIpc) is 1.52. The summed E-state index contributed by atoms with van der Waals surface area (Å²) >= 11 is 0. The van der Waals surface area contributed by atoms with E-state index in [0.717, 1.165) is 50.6 Å². The fourth-order valence-corrected chi connectivity index (χ4v) is 14.4. The normalized spacial score (nSPS) is 12.5. The zero-order valence-corrected chi connectivity index (χ0v) is 47.7. The summed E-state index contributed by atoms with van der Waals surface area (Å²) in [5.41, 5.74) is 30.9. The van der Waals surface area contributed by atoms with Crippen molar-refractivity contribution in [2.24, 2.45) is 0 Å². The Kier molecular flexibility index (Phi) is 11.8. The van der Waals surface area contributed by atoms with Gasteiger partial charge in [0.05, 0.1) is 22.1 Å². The molecule has 1 spiro atoms. The monoisotopic (exact) mass is 1100 g/mol. The van der Waals surface area contributed by atoms with E-state index in [1.807, 2.05) is 0 Å². The average molecular weight is 1110 g/mol. The largest absolute Gasteiger partial charge is 0.310 e. The lowest BCUT2D eigenvalue weighted by Gasteiger charge is -2.33. The van der Waals surface area contributed by atoms with Gasteiger partial charge in [-0.2, -0.15) is 0 Å². The number of hydrogen-bond acceptors (Lipinski definition) is 1. The van der Waals surface area contributed by atoms with Crippen LogP contribution >= 0.6 is 0 Å². The smallest absolute Gasteiger partial charge is 0.0726 e. The second kappa shape index (κ2) is 20.5. The SMILES string of the molecule is c1ccc(-c2ccc(-c3ccccc3)c(N(c3ccc(-c4ccc(-c5ccc(-n6c7ccc(-c8ccccc8)cc7c7cc(-c8ccccc8)ccc76)cc5)cc4)cc3)c3ccc4c(c3)C3(c5ccccc5-c5ccccc53)c3ccccc3-4)c2)cc1. The Balaban J connectivity index is 0.750. The lowest BCUT2D eigenvalue weighted by atomic mass is 9.70. The molecule has 0 radical (unpaired) electrons. The predicted octanol–water partition coefficient (Wildman–Crippen LogP) is 22.6. The maximum Gasteiger partial charge on any atom is 0.0726 e. The second-order valence-electron chi connectivity index (χ2n) is 23.1. The van der Waals surface area contributed by atoms with Crippen molar-refractivity contribution in [3.05, 3.63) is 362 Å². The van der Waals surface area contributed by atoms with Crippen LogP contribution in [0.25, 0.3) is 117 Å². The first kappa shape index (κ1) is 50.2. The van der Waals surface area contributed by atoms with Gasteiger partial charge < -0.3 is 9.47 Å². The number of hydrogen-bond donors (Lipinski definition) is 0. The van der Waals surface area contributed by atoms with E-state index in [-0.39, 0.29) is 0 Å². The summed E-state index contributed by atoms with van der Waals surface area (Å²) < 4.78 is 2.42. The number of rotatable bonds is 10. The van der Waals surface area contributed by atoms with Crippen LogP contribution in [0, 0.1) is 0 Å². The number of fused-ring (bicyclic) bond motifs is 13. The van der Waals surface area contributed by atoms with E-state index >= 15 is 0 Å². The summed E-state index contributed by atoms with van der Waals surface area (Å²) in [6.07, 6.45) is 0. The molecule has 0 atom stereocenters. The summed E-state index contributed by atoms with van der Waals surface area (Å²) in [5.74, 6) is 0. The quantitative estimate of drug-likeness (QED) is 0.132. The Hall–Kier alpha value is -11.3. The summed E-state index contributed by atoms with van der Waals surface area (Å²) in [6, 6.07) is 126. The topological polar surface area (TPSA) is 8.17 Å². The minimum absolute atomic E-state index is 0.485. The van der Waals surface area contributed by atoms with Crippen LogP contribution in [0.2, 0.25) is 0 Å². The molecule has 406 valence electrons. The van der Waals surface area contributed by atoms with E-state index in [9.17, 15) is 0 Å². The van der Waals surface area contributed by atoms with Crippen LogP contribution in [-0.2, 0) is 5.41 Å². The lowest BCUT2D eigenvalue weighted by molar-refractivity contribution is 0.793. The van der Waals surface area contributed by atoms with Crippen LogP contribution in [0.5, 0.6) is 0 Å². The van der Waals surface area contributed by atoms with Gasteiger partial charge in [-0.25, -0.2) is 0 Å². The molecule has 2 heteroatoms. The Morgan fingerprint density at radius 3 is 1.02 bits per heavy atom. The van der Waals surface area contributed by atoms with E-state index in [1.54, 1.807) is 0 Å². The van der Waals surface area contributed by atoms with Gasteiger partial charge in [-0.05, 0) is 172 Å². The van der Waals surface area contributed by atoms with Crippen LogP contribution in [0.1, 0.15) is 22.3 Å². The minimum Gasteiger partial charge on any atom is -0.310 e. The molecular weight excluding hydrogens is 1050 g/mol. The van der Waals surface area contributed by atoms with E-state index in [2.05, 4.69) is 349 Å². The van der Waals surface area contributed by atoms with Gasteiger partial charge in [-0.1, -0.05) is 273 Å². The van der Waals surface area contributed by atoms with Crippen LogP contribution in [0.4, 0.5) is 17.1 Å². The highest BCUT2D eigenvalue weighted by Crippen LogP contribution is 2.63. The molecule has 15 aromatic rings. The Labute approximate surface area is 507 Å². The van der Waals surface area contributed by atoms with E-state index < -0.39 is 5.41 Å². The number of aromatic nitrogens is 1. The highest BCUT2D eigenvalue weighted by molar-refractivity contribution is 6.12. The van der Waals surface area contributed by atoms with Gasteiger partial charge in [0.15, 0.2) is 0 Å².